The highest BCUT2D eigenvalue weighted by Gasteiger charge is 1.99. The van der Waals surface area contributed by atoms with Gasteiger partial charge >= 0.3 is 0 Å². The zero-order valence-electron chi connectivity index (χ0n) is 61.5. The Morgan fingerprint density at radius 1 is 0.179 bits per heavy atom. The second-order valence-corrected chi connectivity index (χ2v) is 19.0. The van der Waals surface area contributed by atoms with Crippen LogP contribution in [0.4, 0.5) is 0 Å². The van der Waals surface area contributed by atoms with Crippen molar-refractivity contribution in [2.24, 2.45) is 10.8 Å². The van der Waals surface area contributed by atoms with E-state index in [2.05, 4.69) is 71.3 Å². The maximum absolute atomic E-state index is 5.07. The highest BCUT2D eigenvalue weighted by atomic mass is 16.5. The first-order valence-electron chi connectivity index (χ1n) is 35.3. The van der Waals surface area contributed by atoms with E-state index in [0.29, 0.717) is 10.8 Å². The van der Waals surface area contributed by atoms with Crippen molar-refractivity contribution in [2.75, 3.05) is 65.7 Å². The van der Waals surface area contributed by atoms with Crippen LogP contribution < -0.4 is 16.0 Å². The van der Waals surface area contributed by atoms with Gasteiger partial charge in [0.1, 0.15) is 0 Å². The number of hydrogen-bond donors (Lipinski definition) is 3. The van der Waals surface area contributed by atoms with Crippen LogP contribution in [0, 0.1) is 10.8 Å². The Kier molecular flexibility index (Phi) is 235. The fourth-order valence-corrected chi connectivity index (χ4v) is 5.44. The Bertz CT molecular complexity index is 443. The van der Waals surface area contributed by atoms with Gasteiger partial charge in [0.15, 0.2) is 0 Å². The SMILES string of the molecule is C.C.C1CCCC1.C1CCCCC1.C1CCCCC1.C1CCNC1.C1CCNCC1.C1CCOCC1.C1CNC1.C1COC1.CC.CC.CC.CC.CC.CC.CC.CC.CC.CC.CC.CC.CC(C)(C)C.CC(C)(C)C. The molecule has 5 heteroatoms. The van der Waals surface area contributed by atoms with E-state index in [1.54, 1.807) is 0 Å². The molecule has 3 N–H and O–H groups in total. The summed E-state index contributed by atoms with van der Waals surface area (Å²) < 4.78 is 9.79. The molecule has 0 bridgehead atoms. The molecule has 0 unspecified atom stereocenters. The van der Waals surface area contributed by atoms with Crippen LogP contribution in [-0.2, 0) is 9.47 Å². The lowest BCUT2D eigenvalue weighted by Crippen LogP contribution is -2.29. The lowest BCUT2D eigenvalue weighted by molar-refractivity contribution is 0.0367. The number of nitrogens with one attached hydrogen (secondary N) is 3. The quantitative estimate of drug-likeness (QED) is 0.226. The Balaban J connectivity index is -0.0000000375. The Labute approximate surface area is 509 Å². The number of hydrogen-bond acceptors (Lipinski definition) is 5. The first kappa shape index (κ1) is 120. The fraction of sp³-hybridized carbons (Fsp3) is 1.00. The van der Waals surface area contributed by atoms with E-state index in [1.807, 2.05) is 166 Å². The Morgan fingerprint density at radius 3 is 0.333 bits per heavy atom. The minimum atomic E-state index is 0. The van der Waals surface area contributed by atoms with Gasteiger partial charge in [0.25, 0.3) is 0 Å². The monoisotopic (exact) mass is 1130 g/mol. The molecular formula is C73H181N3O2. The molecule has 8 fully saturated rings. The molecule has 500 valence electrons. The van der Waals surface area contributed by atoms with Crippen LogP contribution in [0.1, 0.15) is 410 Å². The van der Waals surface area contributed by atoms with Crippen LogP contribution in [0.3, 0.4) is 0 Å². The van der Waals surface area contributed by atoms with Crippen molar-refractivity contribution in [3.63, 3.8) is 0 Å². The second kappa shape index (κ2) is 152. The Hall–Kier alpha value is -0.200. The first-order valence-corrected chi connectivity index (χ1v) is 35.3. The summed E-state index contributed by atoms with van der Waals surface area (Å²) in [5, 5.41) is 9.62. The maximum atomic E-state index is 5.07. The molecule has 5 aliphatic heterocycles. The third-order valence-corrected chi connectivity index (χ3v) is 8.78. The normalized spacial score (nSPS) is 15.4. The Morgan fingerprint density at radius 2 is 0.282 bits per heavy atom. The molecule has 0 aromatic heterocycles. The minimum absolute atomic E-state index is 0. The van der Waals surface area contributed by atoms with E-state index < -0.39 is 0 Å². The summed E-state index contributed by atoms with van der Waals surface area (Å²) in [5.41, 5.74) is 1.00. The molecule has 8 aliphatic rings. The van der Waals surface area contributed by atoms with Gasteiger partial charge in [-0.3, -0.25) is 0 Å². The van der Waals surface area contributed by atoms with Crippen LogP contribution in [0.25, 0.3) is 0 Å². The average molecular weight is 1130 g/mol. The highest BCUT2D eigenvalue weighted by Crippen LogP contribution is 2.16. The summed E-state index contributed by atoms with van der Waals surface area (Å²) in [6.45, 7) is 77.0. The van der Waals surface area contributed by atoms with E-state index in [0.717, 1.165) is 26.4 Å². The molecule has 0 aromatic rings. The van der Waals surface area contributed by atoms with Crippen LogP contribution in [0.2, 0.25) is 0 Å². The molecule has 3 aliphatic carbocycles. The maximum Gasteiger partial charge on any atom is 0.0488 e. The van der Waals surface area contributed by atoms with Crippen LogP contribution in [-0.4, -0.2) is 65.7 Å². The van der Waals surface area contributed by atoms with Gasteiger partial charge in [-0.1, -0.05) is 352 Å². The van der Waals surface area contributed by atoms with Gasteiger partial charge in [0.2, 0.25) is 0 Å². The molecule has 78 heavy (non-hydrogen) atoms. The lowest BCUT2D eigenvalue weighted by Gasteiger charge is -2.09. The second-order valence-electron chi connectivity index (χ2n) is 19.0. The van der Waals surface area contributed by atoms with Crippen LogP contribution >= 0.6 is 0 Å². The lowest BCUT2D eigenvalue weighted by atomic mass is 10.0. The summed E-state index contributed by atoms with van der Waals surface area (Å²) in [4.78, 5) is 0. The van der Waals surface area contributed by atoms with Crippen molar-refractivity contribution >= 4 is 0 Å². The van der Waals surface area contributed by atoms with Crippen molar-refractivity contribution in [3.05, 3.63) is 0 Å². The summed E-state index contributed by atoms with van der Waals surface area (Å²) >= 11 is 0. The predicted molar refractivity (Wildman–Crippen MR) is 385 cm³/mol. The van der Waals surface area contributed by atoms with E-state index in [-0.39, 0.29) is 14.9 Å². The third-order valence-electron chi connectivity index (χ3n) is 8.78. The largest absolute Gasteiger partial charge is 0.381 e. The van der Waals surface area contributed by atoms with Gasteiger partial charge in [0, 0.05) is 26.4 Å². The van der Waals surface area contributed by atoms with Crippen molar-refractivity contribution in [1.29, 1.82) is 0 Å². The van der Waals surface area contributed by atoms with Gasteiger partial charge < -0.3 is 25.4 Å². The zero-order chi connectivity index (χ0) is 62.7. The first-order chi connectivity index (χ1) is 37.0. The summed E-state index contributed by atoms with van der Waals surface area (Å²) in [5.74, 6) is 0. The number of ether oxygens (including phenoxy) is 2. The molecule has 5 nitrogen and oxygen atoms in total. The number of rotatable bonds is 0. The molecular weight excluding hydrogens is 951 g/mol. The van der Waals surface area contributed by atoms with Crippen molar-refractivity contribution in [2.45, 2.75) is 410 Å². The fourth-order valence-electron chi connectivity index (χ4n) is 5.44. The van der Waals surface area contributed by atoms with Gasteiger partial charge in [-0.05, 0) is 108 Å². The van der Waals surface area contributed by atoms with Crippen molar-refractivity contribution in [1.82, 2.24) is 16.0 Å². The summed E-state index contributed by atoms with van der Waals surface area (Å²) in [6.07, 6.45) is 39.1. The molecule has 0 aromatic carbocycles. The number of piperidine rings is 1. The molecule has 5 saturated heterocycles. The van der Waals surface area contributed by atoms with Crippen LogP contribution in [0.5, 0.6) is 0 Å². The van der Waals surface area contributed by atoms with E-state index in [9.17, 15) is 0 Å². The topological polar surface area (TPSA) is 54.5 Å². The molecule has 0 spiro atoms. The van der Waals surface area contributed by atoms with E-state index >= 15 is 0 Å². The molecule has 8 rings (SSSR count). The third kappa shape index (κ3) is 243. The molecule has 0 atom stereocenters. The summed E-state index contributed by atoms with van der Waals surface area (Å²) in [6, 6.07) is 0. The van der Waals surface area contributed by atoms with Crippen molar-refractivity contribution in [3.8, 4) is 0 Å². The van der Waals surface area contributed by atoms with Gasteiger partial charge in [-0.2, -0.15) is 0 Å². The summed E-state index contributed by atoms with van der Waals surface area (Å²) in [7, 11) is 0. The zero-order valence-corrected chi connectivity index (χ0v) is 61.5. The minimum Gasteiger partial charge on any atom is -0.381 e. The smallest absolute Gasteiger partial charge is 0.0488 e. The molecule has 0 radical (unpaired) electrons. The van der Waals surface area contributed by atoms with Crippen molar-refractivity contribution < 1.29 is 9.47 Å². The van der Waals surface area contributed by atoms with Gasteiger partial charge in [-0.15, -0.1) is 0 Å². The molecule has 5 heterocycles. The molecule has 0 amide bonds. The van der Waals surface area contributed by atoms with Gasteiger partial charge in [0.05, 0.1) is 0 Å². The molecule has 3 saturated carbocycles. The standard InChI is InChI=1S/2C6H12.C5H11N.C5H10O.C5H10.2C5H12.C4H9N.C3H7N.C3H6O.12C2H6.2CH4/c4*1-2-4-6-5-3-1;1-2-4-5-3-1;2*1-5(2,3)4;1-2-4-5-3-1;2*1-2-4-3-1;12*1-2;;/h2*1-6H2;6H,1-5H2;1-5H2;1-5H2;2*1-4H3;5H,1-4H2;4H,1-3H2;1-3H2;12*1-2H3;2*1H4. The van der Waals surface area contributed by atoms with E-state index in [1.165, 1.54) is 213 Å². The van der Waals surface area contributed by atoms with Gasteiger partial charge in [-0.25, -0.2) is 0 Å². The van der Waals surface area contributed by atoms with Crippen LogP contribution in [0.15, 0.2) is 0 Å². The highest BCUT2D eigenvalue weighted by molar-refractivity contribution is 4.57. The predicted octanol–water partition coefficient (Wildman–Crippen LogP) is 27.0. The van der Waals surface area contributed by atoms with E-state index in [4.69, 9.17) is 9.47 Å². The average Bonchev–Trinajstić information content (AvgIpc) is 4.28.